The zero-order valence-electron chi connectivity index (χ0n) is 13.4. The van der Waals surface area contributed by atoms with Crippen molar-refractivity contribution in [1.82, 2.24) is 15.1 Å². The average molecular weight is 302 g/mol. The minimum atomic E-state index is 0.227. The number of aryl methyl sites for hydroxylation is 2. The van der Waals surface area contributed by atoms with E-state index in [4.69, 9.17) is 16.3 Å². The number of methoxy groups -OCH3 is 1. The number of halogens is 1. The van der Waals surface area contributed by atoms with Gasteiger partial charge in [0.2, 0.25) is 0 Å². The van der Waals surface area contributed by atoms with Crippen molar-refractivity contribution in [3.8, 4) is 0 Å². The van der Waals surface area contributed by atoms with Crippen LogP contribution in [-0.2, 0) is 18.2 Å². The van der Waals surface area contributed by atoms with Crippen LogP contribution < -0.4 is 5.32 Å². The number of ether oxygens (including phenoxy) is 1. The lowest BCUT2D eigenvalue weighted by Gasteiger charge is -2.32. The molecule has 0 atom stereocenters. The van der Waals surface area contributed by atoms with Gasteiger partial charge in [0.05, 0.1) is 12.3 Å². The van der Waals surface area contributed by atoms with Gasteiger partial charge in [-0.2, -0.15) is 5.10 Å². The molecule has 0 fully saturated rings. The normalized spacial score (nSPS) is 12.1. The molecule has 5 heteroatoms. The second kappa shape index (κ2) is 8.01. The first-order valence-electron chi connectivity index (χ1n) is 7.37. The molecule has 0 aliphatic heterocycles. The highest BCUT2D eigenvalue weighted by molar-refractivity contribution is 6.30. The number of hydrogen-bond acceptors (Lipinski definition) is 3. The quantitative estimate of drug-likeness (QED) is 0.713. The SMILES string of the molecule is CCC(CC)(CNCCOC)Cc1c(C)nn(C)c1Cl. The van der Waals surface area contributed by atoms with Gasteiger partial charge in [0.15, 0.2) is 0 Å². The van der Waals surface area contributed by atoms with E-state index in [2.05, 4.69) is 24.3 Å². The smallest absolute Gasteiger partial charge is 0.130 e. The lowest BCUT2D eigenvalue weighted by atomic mass is 9.77. The summed E-state index contributed by atoms with van der Waals surface area (Å²) in [6.07, 6.45) is 3.21. The van der Waals surface area contributed by atoms with Gasteiger partial charge in [-0.25, -0.2) is 0 Å². The van der Waals surface area contributed by atoms with Crippen LogP contribution >= 0.6 is 11.6 Å². The highest BCUT2D eigenvalue weighted by Crippen LogP contribution is 2.34. The maximum Gasteiger partial charge on any atom is 0.130 e. The van der Waals surface area contributed by atoms with Crippen LogP contribution in [0.1, 0.15) is 37.9 Å². The molecular formula is C15H28ClN3O. The van der Waals surface area contributed by atoms with Crippen LogP contribution in [0, 0.1) is 12.3 Å². The lowest BCUT2D eigenvalue weighted by molar-refractivity contribution is 0.185. The van der Waals surface area contributed by atoms with E-state index in [0.717, 1.165) is 49.8 Å². The van der Waals surface area contributed by atoms with Gasteiger partial charge < -0.3 is 10.1 Å². The summed E-state index contributed by atoms with van der Waals surface area (Å²) in [5.41, 5.74) is 2.46. The van der Waals surface area contributed by atoms with Crippen LogP contribution in [0.25, 0.3) is 0 Å². The van der Waals surface area contributed by atoms with E-state index in [1.165, 1.54) is 5.56 Å². The van der Waals surface area contributed by atoms with E-state index < -0.39 is 0 Å². The maximum atomic E-state index is 6.38. The topological polar surface area (TPSA) is 39.1 Å². The third-order valence-electron chi connectivity index (χ3n) is 4.30. The van der Waals surface area contributed by atoms with Crippen molar-refractivity contribution < 1.29 is 4.74 Å². The van der Waals surface area contributed by atoms with Crippen molar-refractivity contribution in [2.24, 2.45) is 12.5 Å². The monoisotopic (exact) mass is 301 g/mol. The zero-order chi connectivity index (χ0) is 15.2. The average Bonchev–Trinajstić information content (AvgIpc) is 2.68. The van der Waals surface area contributed by atoms with E-state index in [1.54, 1.807) is 11.8 Å². The Labute approximate surface area is 127 Å². The second-order valence-corrected chi connectivity index (χ2v) is 5.89. The summed E-state index contributed by atoms with van der Waals surface area (Å²) in [5.74, 6) is 0. The summed E-state index contributed by atoms with van der Waals surface area (Å²) in [6, 6.07) is 0. The molecule has 1 heterocycles. The zero-order valence-corrected chi connectivity index (χ0v) is 14.2. The van der Waals surface area contributed by atoms with Gasteiger partial charge >= 0.3 is 0 Å². The van der Waals surface area contributed by atoms with Crippen LogP contribution in [-0.4, -0.2) is 36.6 Å². The van der Waals surface area contributed by atoms with Crippen LogP contribution in [0.2, 0.25) is 5.15 Å². The molecule has 20 heavy (non-hydrogen) atoms. The van der Waals surface area contributed by atoms with Crippen LogP contribution in [0.15, 0.2) is 0 Å². The first-order chi connectivity index (χ1) is 9.49. The Bertz CT molecular complexity index is 413. The molecule has 0 aromatic carbocycles. The Hall–Kier alpha value is -0.580. The van der Waals surface area contributed by atoms with E-state index in [1.807, 2.05) is 14.0 Å². The van der Waals surface area contributed by atoms with Crippen LogP contribution in [0.4, 0.5) is 0 Å². The summed E-state index contributed by atoms with van der Waals surface area (Å²) in [4.78, 5) is 0. The minimum absolute atomic E-state index is 0.227. The van der Waals surface area contributed by atoms with Gasteiger partial charge in [-0.05, 0) is 31.6 Å². The lowest BCUT2D eigenvalue weighted by Crippen LogP contribution is -2.37. The summed E-state index contributed by atoms with van der Waals surface area (Å²) >= 11 is 6.38. The van der Waals surface area contributed by atoms with E-state index in [-0.39, 0.29) is 5.41 Å². The van der Waals surface area contributed by atoms with Crippen molar-refractivity contribution in [1.29, 1.82) is 0 Å². The third-order valence-corrected chi connectivity index (χ3v) is 4.78. The van der Waals surface area contributed by atoms with Gasteiger partial charge in [-0.15, -0.1) is 0 Å². The standard InChI is InChI=1S/C15H28ClN3O/c1-6-15(7-2,11-17-8-9-20-5)10-13-12(3)18-19(4)14(13)16/h17H,6-11H2,1-5H3. The summed E-state index contributed by atoms with van der Waals surface area (Å²) in [7, 11) is 3.63. The maximum absolute atomic E-state index is 6.38. The fraction of sp³-hybridized carbons (Fsp3) is 0.800. The van der Waals surface area contributed by atoms with Gasteiger partial charge in [0.1, 0.15) is 5.15 Å². The Morgan fingerprint density at radius 3 is 2.45 bits per heavy atom. The van der Waals surface area contributed by atoms with E-state index in [0.29, 0.717) is 0 Å². The largest absolute Gasteiger partial charge is 0.383 e. The molecule has 0 saturated heterocycles. The molecule has 0 unspecified atom stereocenters. The van der Waals surface area contributed by atoms with Crippen molar-refractivity contribution in [2.45, 2.75) is 40.0 Å². The molecule has 0 radical (unpaired) electrons. The van der Waals surface area contributed by atoms with Crippen molar-refractivity contribution in [3.05, 3.63) is 16.4 Å². The molecule has 1 N–H and O–H groups in total. The molecule has 0 aliphatic carbocycles. The number of nitrogens with zero attached hydrogens (tertiary/aromatic N) is 2. The van der Waals surface area contributed by atoms with Crippen molar-refractivity contribution in [3.63, 3.8) is 0 Å². The van der Waals surface area contributed by atoms with Crippen LogP contribution in [0.5, 0.6) is 0 Å². The first-order valence-corrected chi connectivity index (χ1v) is 7.75. The predicted octanol–water partition coefficient (Wildman–Crippen LogP) is 2.97. The van der Waals surface area contributed by atoms with Crippen LogP contribution in [0.3, 0.4) is 0 Å². The number of nitrogens with one attached hydrogen (secondary N) is 1. The molecule has 0 spiro atoms. The van der Waals surface area contributed by atoms with Gasteiger partial charge in [-0.1, -0.05) is 25.4 Å². The molecule has 0 amide bonds. The summed E-state index contributed by atoms with van der Waals surface area (Å²) in [6.45, 7) is 9.15. The Morgan fingerprint density at radius 1 is 1.35 bits per heavy atom. The third kappa shape index (κ3) is 4.21. The Balaban J connectivity index is 2.79. The molecule has 1 rings (SSSR count). The van der Waals surface area contributed by atoms with Gasteiger partial charge in [0, 0.05) is 32.8 Å². The van der Waals surface area contributed by atoms with Gasteiger partial charge in [0.25, 0.3) is 0 Å². The predicted molar refractivity (Wildman–Crippen MR) is 84.4 cm³/mol. The van der Waals surface area contributed by atoms with E-state index >= 15 is 0 Å². The number of hydrogen-bond donors (Lipinski definition) is 1. The first kappa shape index (κ1) is 17.5. The van der Waals surface area contributed by atoms with Crippen molar-refractivity contribution in [2.75, 3.05) is 26.8 Å². The molecule has 0 bridgehead atoms. The molecule has 0 saturated carbocycles. The Morgan fingerprint density at radius 2 is 2.00 bits per heavy atom. The molecule has 0 aliphatic rings. The number of rotatable bonds is 9. The van der Waals surface area contributed by atoms with E-state index in [9.17, 15) is 0 Å². The fourth-order valence-corrected chi connectivity index (χ4v) is 2.83. The van der Waals surface area contributed by atoms with Gasteiger partial charge in [-0.3, -0.25) is 4.68 Å². The molecular weight excluding hydrogens is 274 g/mol. The Kier molecular flexibility index (Phi) is 7.00. The molecule has 116 valence electrons. The summed E-state index contributed by atoms with van der Waals surface area (Å²) in [5, 5.41) is 8.69. The fourth-order valence-electron chi connectivity index (χ4n) is 2.59. The minimum Gasteiger partial charge on any atom is -0.383 e. The number of aromatic nitrogens is 2. The molecule has 1 aromatic heterocycles. The van der Waals surface area contributed by atoms with Crippen molar-refractivity contribution >= 4 is 11.6 Å². The highest BCUT2D eigenvalue weighted by Gasteiger charge is 2.29. The highest BCUT2D eigenvalue weighted by atomic mass is 35.5. The summed E-state index contributed by atoms with van der Waals surface area (Å²) < 4.78 is 6.85. The second-order valence-electron chi connectivity index (χ2n) is 5.53. The molecule has 1 aromatic rings. The molecule has 4 nitrogen and oxygen atoms in total.